The molecular formula is C33H37Cl2N5O5. The van der Waals surface area contributed by atoms with Crippen molar-refractivity contribution in [1.29, 1.82) is 0 Å². The summed E-state index contributed by atoms with van der Waals surface area (Å²) in [6.45, 7) is 15.0. The van der Waals surface area contributed by atoms with E-state index in [0.717, 1.165) is 0 Å². The van der Waals surface area contributed by atoms with E-state index in [1.165, 1.54) is 4.68 Å². The normalized spacial score (nSPS) is 12.7. The molecule has 1 aliphatic rings. The molecular weight excluding hydrogens is 617 g/mol. The number of hydrogen-bond donors (Lipinski definition) is 0. The summed E-state index contributed by atoms with van der Waals surface area (Å²) in [5.41, 5.74) is 4.18. The number of methoxy groups -OCH3 is 1. The zero-order valence-electron chi connectivity index (χ0n) is 27.1. The van der Waals surface area contributed by atoms with E-state index in [4.69, 9.17) is 42.5 Å². The molecule has 0 saturated heterocycles. The molecule has 0 fully saturated rings. The molecule has 0 aliphatic carbocycles. The summed E-state index contributed by atoms with van der Waals surface area (Å²) in [4.78, 5) is 28.6. The van der Waals surface area contributed by atoms with Gasteiger partial charge in [-0.25, -0.2) is 9.48 Å². The number of fused-ring (bicyclic) bond motifs is 3. The van der Waals surface area contributed by atoms with E-state index in [0.29, 0.717) is 66.6 Å². The molecule has 238 valence electrons. The lowest BCUT2D eigenvalue weighted by atomic mass is 9.94. The predicted octanol–water partition coefficient (Wildman–Crippen LogP) is 7.88. The molecule has 1 amide bonds. The van der Waals surface area contributed by atoms with E-state index < -0.39 is 17.2 Å². The van der Waals surface area contributed by atoms with Crippen LogP contribution in [-0.2, 0) is 11.3 Å². The van der Waals surface area contributed by atoms with Gasteiger partial charge in [0.1, 0.15) is 23.7 Å². The van der Waals surface area contributed by atoms with Gasteiger partial charge in [0.05, 0.1) is 29.9 Å². The highest BCUT2D eigenvalue weighted by molar-refractivity contribution is 6.34. The second kappa shape index (κ2) is 11.4. The van der Waals surface area contributed by atoms with E-state index in [1.807, 2.05) is 33.8 Å². The lowest BCUT2D eigenvalue weighted by Gasteiger charge is -2.31. The van der Waals surface area contributed by atoms with Gasteiger partial charge in [-0.05, 0) is 79.7 Å². The van der Waals surface area contributed by atoms with Crippen molar-refractivity contribution in [3.05, 3.63) is 63.0 Å². The summed E-state index contributed by atoms with van der Waals surface area (Å²) in [5, 5.41) is 10.2. The van der Waals surface area contributed by atoms with Gasteiger partial charge in [0.25, 0.3) is 5.91 Å². The predicted molar refractivity (Wildman–Crippen MR) is 174 cm³/mol. The maximum absolute atomic E-state index is 13.9. The first-order chi connectivity index (χ1) is 20.9. The van der Waals surface area contributed by atoms with Crippen LogP contribution in [0.15, 0.2) is 30.3 Å². The van der Waals surface area contributed by atoms with Gasteiger partial charge in [-0.3, -0.25) is 4.79 Å². The summed E-state index contributed by atoms with van der Waals surface area (Å²) in [6.07, 6.45) is -0.584. The van der Waals surface area contributed by atoms with Crippen molar-refractivity contribution in [3.63, 3.8) is 0 Å². The Morgan fingerprint density at radius 1 is 0.956 bits per heavy atom. The fourth-order valence-electron chi connectivity index (χ4n) is 5.24. The van der Waals surface area contributed by atoms with Crippen LogP contribution in [0.25, 0.3) is 28.1 Å². The number of carbonyl (C=O) groups is 2. The highest BCUT2D eigenvalue weighted by Gasteiger charge is 2.35. The molecule has 0 atom stereocenters. The number of ether oxygens (including phenoxy) is 3. The van der Waals surface area contributed by atoms with Gasteiger partial charge in [-0.2, -0.15) is 14.9 Å². The monoisotopic (exact) mass is 653 g/mol. The van der Waals surface area contributed by atoms with Crippen molar-refractivity contribution >= 4 is 35.2 Å². The third-order valence-electron chi connectivity index (χ3n) is 7.64. The van der Waals surface area contributed by atoms with Gasteiger partial charge < -0.3 is 19.1 Å². The van der Waals surface area contributed by atoms with Crippen LogP contribution in [0.2, 0.25) is 10.0 Å². The Morgan fingerprint density at radius 2 is 1.60 bits per heavy atom. The molecule has 4 aromatic rings. The molecule has 0 radical (unpaired) electrons. The van der Waals surface area contributed by atoms with E-state index in [-0.39, 0.29) is 18.2 Å². The average Bonchev–Trinajstić information content (AvgIpc) is 3.46. The number of aryl methyl sites for hydroxylation is 1. The number of amides is 1. The smallest absolute Gasteiger partial charge is 0.435 e. The Labute approximate surface area is 272 Å². The Bertz CT molecular complexity index is 1830. The SMILES string of the molecule is COc1cc2c(cc1-c1c(C)nn(C(=O)OC(C)(C)C)c1C)-c1c(c(C(=O)N(C)C(C)(C)C)nn1-c1cc(Cl)cc(Cl)c1)CO2. The minimum atomic E-state index is -0.696. The van der Waals surface area contributed by atoms with Crippen LogP contribution in [-0.4, -0.2) is 61.8 Å². The van der Waals surface area contributed by atoms with Crippen molar-refractivity contribution in [2.45, 2.75) is 73.1 Å². The molecule has 5 rings (SSSR count). The van der Waals surface area contributed by atoms with Gasteiger partial charge in [0, 0.05) is 51.0 Å². The van der Waals surface area contributed by atoms with Crippen LogP contribution in [0.4, 0.5) is 4.79 Å². The Hall–Kier alpha value is -4.02. The second-order valence-corrected chi connectivity index (χ2v) is 13.9. The van der Waals surface area contributed by atoms with Gasteiger partial charge in [-0.1, -0.05) is 23.2 Å². The Morgan fingerprint density at radius 3 is 2.18 bits per heavy atom. The van der Waals surface area contributed by atoms with E-state index in [9.17, 15) is 9.59 Å². The quantitative estimate of drug-likeness (QED) is 0.221. The summed E-state index contributed by atoms with van der Waals surface area (Å²) in [7, 11) is 3.32. The van der Waals surface area contributed by atoms with Crippen molar-refractivity contribution in [3.8, 4) is 39.6 Å². The Balaban J connectivity index is 1.77. The molecule has 10 nitrogen and oxygen atoms in total. The van der Waals surface area contributed by atoms with Crippen molar-refractivity contribution in [2.24, 2.45) is 0 Å². The van der Waals surface area contributed by atoms with Crippen LogP contribution in [0, 0.1) is 13.8 Å². The van der Waals surface area contributed by atoms with Crippen LogP contribution >= 0.6 is 23.2 Å². The fraction of sp³-hybridized carbons (Fsp3) is 0.394. The zero-order valence-corrected chi connectivity index (χ0v) is 28.6. The Kier molecular flexibility index (Phi) is 8.21. The molecule has 1 aliphatic heterocycles. The average molecular weight is 655 g/mol. The highest BCUT2D eigenvalue weighted by atomic mass is 35.5. The molecule has 3 heterocycles. The van der Waals surface area contributed by atoms with E-state index >= 15 is 0 Å². The first-order valence-electron chi connectivity index (χ1n) is 14.4. The van der Waals surface area contributed by atoms with E-state index in [2.05, 4.69) is 5.10 Å². The van der Waals surface area contributed by atoms with Gasteiger partial charge in [0.15, 0.2) is 5.69 Å². The topological polar surface area (TPSA) is 101 Å². The lowest BCUT2D eigenvalue weighted by molar-refractivity contribution is 0.0510. The molecule has 0 spiro atoms. The number of aromatic nitrogens is 4. The van der Waals surface area contributed by atoms with Crippen LogP contribution in [0.1, 0.15) is 69.0 Å². The van der Waals surface area contributed by atoms with Crippen LogP contribution in [0.5, 0.6) is 11.5 Å². The standard InChI is InChI=1S/C33H37Cl2N5O5/c1-17-27(18(2)39(36-17)31(42)45-33(6,7)8)22-14-23-26(15-25(22)43-10)44-16-24-28(30(41)38(9)32(3,4)5)37-40(29(23)24)21-12-19(34)11-20(35)13-21/h11-15H,16H2,1-10H3. The molecule has 0 bridgehead atoms. The summed E-state index contributed by atoms with van der Waals surface area (Å²) in [6, 6.07) is 8.81. The number of nitrogens with zero attached hydrogens (tertiary/aromatic N) is 5. The first-order valence-corrected chi connectivity index (χ1v) is 15.2. The lowest BCUT2D eigenvalue weighted by Crippen LogP contribution is -2.43. The fourth-order valence-corrected chi connectivity index (χ4v) is 5.76. The minimum absolute atomic E-state index is 0.104. The zero-order chi connectivity index (χ0) is 33.2. The van der Waals surface area contributed by atoms with Crippen molar-refractivity contribution in [1.82, 2.24) is 24.5 Å². The maximum atomic E-state index is 13.9. The van der Waals surface area contributed by atoms with Gasteiger partial charge >= 0.3 is 6.09 Å². The molecule has 2 aromatic heterocycles. The third kappa shape index (κ3) is 6.01. The number of benzene rings is 2. The molecule has 0 saturated carbocycles. The van der Waals surface area contributed by atoms with Crippen LogP contribution in [0.3, 0.4) is 0 Å². The largest absolute Gasteiger partial charge is 0.496 e. The molecule has 12 heteroatoms. The van der Waals surface area contributed by atoms with Gasteiger partial charge in [0.2, 0.25) is 0 Å². The minimum Gasteiger partial charge on any atom is -0.496 e. The third-order valence-corrected chi connectivity index (χ3v) is 8.08. The molecule has 0 unspecified atom stereocenters. The number of hydrogen-bond acceptors (Lipinski definition) is 7. The molecule has 0 N–H and O–H groups in total. The van der Waals surface area contributed by atoms with Crippen LogP contribution < -0.4 is 9.47 Å². The van der Waals surface area contributed by atoms with E-state index in [1.54, 1.807) is 75.7 Å². The maximum Gasteiger partial charge on any atom is 0.435 e. The summed E-state index contributed by atoms with van der Waals surface area (Å²) >= 11 is 12.8. The number of carbonyl (C=O) groups excluding carboxylic acids is 2. The first kappa shape index (κ1) is 32.4. The summed E-state index contributed by atoms with van der Waals surface area (Å²) in [5.74, 6) is 0.805. The van der Waals surface area contributed by atoms with Crippen molar-refractivity contribution in [2.75, 3.05) is 14.2 Å². The second-order valence-electron chi connectivity index (χ2n) is 13.0. The molecule has 2 aromatic carbocycles. The number of halogens is 2. The summed E-state index contributed by atoms with van der Waals surface area (Å²) < 4.78 is 20.6. The number of rotatable bonds is 4. The molecule has 45 heavy (non-hydrogen) atoms. The van der Waals surface area contributed by atoms with Gasteiger partial charge in [-0.15, -0.1) is 0 Å². The highest BCUT2D eigenvalue weighted by Crippen LogP contribution is 2.47. The van der Waals surface area contributed by atoms with Crippen molar-refractivity contribution < 1.29 is 23.8 Å².